The van der Waals surface area contributed by atoms with Gasteiger partial charge in [0.25, 0.3) is 10.0 Å². The van der Waals surface area contributed by atoms with Gasteiger partial charge in [0.1, 0.15) is 5.01 Å². The summed E-state index contributed by atoms with van der Waals surface area (Å²) in [6.45, 7) is 0. The Hall–Kier alpha value is -4.03. The van der Waals surface area contributed by atoms with Crippen molar-refractivity contribution in [1.29, 1.82) is 0 Å². The molecule has 6 rings (SSSR count). The van der Waals surface area contributed by atoms with E-state index >= 15 is 0 Å². The standard InChI is InChI=1S/C34H30F3N3O3S2/c35-34(36,37)26-12-8-23(9-13-26)31-21-44-33(39-31)25-10-17-29(18-11-25)45(42,43)40-27-14-6-22(7-15-27)20-28-16-19-30(38-28)32(41)24-4-2-1-3-5-24/h1-15,17-18,21,28,30,32,38,40-41H,16,19-20H2/t28-,30-,32-/m1/s1. The van der Waals surface area contributed by atoms with Crippen LogP contribution in [0.25, 0.3) is 21.8 Å². The van der Waals surface area contributed by atoms with E-state index in [0.29, 0.717) is 27.5 Å². The minimum absolute atomic E-state index is 0.00782. The molecule has 1 saturated heterocycles. The third-order valence-corrected chi connectivity index (χ3v) is 10.2. The van der Waals surface area contributed by atoms with Crippen LogP contribution in [0.2, 0.25) is 0 Å². The number of aliphatic hydroxyl groups excluding tert-OH is 1. The lowest BCUT2D eigenvalue weighted by Gasteiger charge is -2.20. The highest BCUT2D eigenvalue weighted by atomic mass is 32.2. The number of nitrogens with zero attached hydrogens (tertiary/aromatic N) is 1. The largest absolute Gasteiger partial charge is 0.416 e. The van der Waals surface area contributed by atoms with Crippen LogP contribution in [-0.2, 0) is 22.6 Å². The molecule has 5 aromatic rings. The number of halogens is 3. The van der Waals surface area contributed by atoms with Gasteiger partial charge in [0.2, 0.25) is 0 Å². The number of hydrogen-bond donors (Lipinski definition) is 3. The molecule has 0 amide bonds. The molecule has 1 aromatic heterocycles. The van der Waals surface area contributed by atoms with Crippen molar-refractivity contribution in [3.63, 3.8) is 0 Å². The number of anilines is 1. The molecule has 6 nitrogen and oxygen atoms in total. The highest BCUT2D eigenvalue weighted by Gasteiger charge is 2.31. The van der Waals surface area contributed by atoms with Crippen molar-refractivity contribution < 1.29 is 26.7 Å². The van der Waals surface area contributed by atoms with Crippen LogP contribution < -0.4 is 10.0 Å². The molecule has 4 aromatic carbocycles. The summed E-state index contributed by atoms with van der Waals surface area (Å²) >= 11 is 1.32. The first kappa shape index (κ1) is 31.0. The molecular weight excluding hydrogens is 620 g/mol. The van der Waals surface area contributed by atoms with Crippen LogP contribution in [0.15, 0.2) is 113 Å². The first-order chi connectivity index (χ1) is 21.5. The summed E-state index contributed by atoms with van der Waals surface area (Å²) in [6.07, 6.45) is -2.38. The van der Waals surface area contributed by atoms with Crippen LogP contribution in [0.3, 0.4) is 0 Å². The van der Waals surface area contributed by atoms with Crippen molar-refractivity contribution >= 4 is 27.0 Å². The lowest BCUT2D eigenvalue weighted by molar-refractivity contribution is -0.137. The third-order valence-electron chi connectivity index (χ3n) is 7.91. The highest BCUT2D eigenvalue weighted by molar-refractivity contribution is 7.92. The van der Waals surface area contributed by atoms with E-state index in [9.17, 15) is 26.7 Å². The second kappa shape index (κ2) is 12.8. The predicted octanol–water partition coefficient (Wildman–Crippen LogP) is 7.69. The van der Waals surface area contributed by atoms with Crippen LogP contribution in [0, 0.1) is 0 Å². The number of hydrogen-bond acceptors (Lipinski definition) is 6. The number of sulfonamides is 1. The summed E-state index contributed by atoms with van der Waals surface area (Å²) in [6, 6.07) is 28.3. The van der Waals surface area contributed by atoms with Gasteiger partial charge >= 0.3 is 6.18 Å². The van der Waals surface area contributed by atoms with Gasteiger partial charge in [0, 0.05) is 34.3 Å². The predicted molar refractivity (Wildman–Crippen MR) is 170 cm³/mol. The van der Waals surface area contributed by atoms with E-state index in [1.165, 1.54) is 35.6 Å². The molecule has 0 aliphatic carbocycles. The fourth-order valence-corrected chi connectivity index (χ4v) is 7.39. The van der Waals surface area contributed by atoms with Crippen LogP contribution in [-0.4, -0.2) is 30.6 Å². The molecule has 2 heterocycles. The molecular formula is C34H30F3N3O3S2. The van der Waals surface area contributed by atoms with Gasteiger partial charge in [-0.25, -0.2) is 13.4 Å². The zero-order valence-electron chi connectivity index (χ0n) is 23.9. The van der Waals surface area contributed by atoms with Gasteiger partial charge in [-0.2, -0.15) is 13.2 Å². The van der Waals surface area contributed by atoms with Crippen LogP contribution in [0.5, 0.6) is 0 Å². The average molecular weight is 650 g/mol. The van der Waals surface area contributed by atoms with Gasteiger partial charge in [-0.3, -0.25) is 4.72 Å². The summed E-state index contributed by atoms with van der Waals surface area (Å²) in [4.78, 5) is 4.62. The van der Waals surface area contributed by atoms with E-state index in [0.717, 1.165) is 42.5 Å². The molecule has 11 heteroatoms. The normalized spacial score (nSPS) is 17.7. The van der Waals surface area contributed by atoms with E-state index in [4.69, 9.17) is 0 Å². The maximum absolute atomic E-state index is 13.1. The molecule has 0 unspecified atom stereocenters. The van der Waals surface area contributed by atoms with Gasteiger partial charge in [-0.1, -0.05) is 66.7 Å². The quantitative estimate of drug-likeness (QED) is 0.152. The van der Waals surface area contributed by atoms with Gasteiger partial charge in [0.05, 0.1) is 22.3 Å². The number of alkyl halides is 3. The summed E-state index contributed by atoms with van der Waals surface area (Å²) < 4.78 is 67.4. The number of nitrogens with one attached hydrogen (secondary N) is 2. The molecule has 1 aliphatic rings. The van der Waals surface area contributed by atoms with Crippen LogP contribution >= 0.6 is 11.3 Å². The van der Waals surface area contributed by atoms with E-state index in [1.54, 1.807) is 29.6 Å². The van der Waals surface area contributed by atoms with Crippen molar-refractivity contribution in [3.05, 3.63) is 125 Å². The topological polar surface area (TPSA) is 91.3 Å². The Balaban J connectivity index is 1.05. The minimum Gasteiger partial charge on any atom is -0.387 e. The Morgan fingerprint density at radius 3 is 2.22 bits per heavy atom. The summed E-state index contributed by atoms with van der Waals surface area (Å²) in [5.74, 6) is 0. The number of thiazole rings is 1. The van der Waals surface area contributed by atoms with Crippen molar-refractivity contribution in [2.45, 2.75) is 48.5 Å². The summed E-state index contributed by atoms with van der Waals surface area (Å²) in [5.41, 5.74) is 3.48. The van der Waals surface area contributed by atoms with Crippen molar-refractivity contribution in [2.75, 3.05) is 4.72 Å². The van der Waals surface area contributed by atoms with Crippen molar-refractivity contribution in [2.24, 2.45) is 0 Å². The molecule has 3 atom stereocenters. The van der Waals surface area contributed by atoms with Gasteiger partial charge in [0.15, 0.2) is 0 Å². The van der Waals surface area contributed by atoms with Gasteiger partial charge in [-0.05, 0) is 66.8 Å². The molecule has 1 aliphatic heterocycles. The lowest BCUT2D eigenvalue weighted by Crippen LogP contribution is -2.35. The molecule has 0 saturated carbocycles. The monoisotopic (exact) mass is 649 g/mol. The summed E-state index contributed by atoms with van der Waals surface area (Å²) in [7, 11) is -3.84. The Labute approximate surface area is 263 Å². The maximum Gasteiger partial charge on any atom is 0.416 e. The van der Waals surface area contributed by atoms with Crippen LogP contribution in [0.1, 0.15) is 35.6 Å². The number of benzene rings is 4. The Morgan fingerprint density at radius 1 is 0.889 bits per heavy atom. The fraction of sp³-hybridized carbons (Fsp3) is 0.206. The summed E-state index contributed by atoms with van der Waals surface area (Å²) in [5, 5.41) is 16.6. The maximum atomic E-state index is 13.1. The molecule has 1 fully saturated rings. The molecule has 3 N–H and O–H groups in total. The first-order valence-corrected chi connectivity index (χ1v) is 16.8. The first-order valence-electron chi connectivity index (χ1n) is 14.4. The zero-order valence-corrected chi connectivity index (χ0v) is 25.5. The number of aliphatic hydroxyl groups is 1. The van der Waals surface area contributed by atoms with Crippen molar-refractivity contribution in [3.8, 4) is 21.8 Å². The van der Waals surface area contributed by atoms with Gasteiger partial charge < -0.3 is 10.4 Å². The van der Waals surface area contributed by atoms with E-state index < -0.39 is 27.9 Å². The average Bonchev–Trinajstić information content (AvgIpc) is 3.72. The highest BCUT2D eigenvalue weighted by Crippen LogP contribution is 2.33. The van der Waals surface area contributed by atoms with Gasteiger partial charge in [-0.15, -0.1) is 11.3 Å². The minimum atomic E-state index is -4.40. The van der Waals surface area contributed by atoms with E-state index in [-0.39, 0.29) is 17.0 Å². The fourth-order valence-electron chi connectivity index (χ4n) is 5.50. The third kappa shape index (κ3) is 7.28. The zero-order chi connectivity index (χ0) is 31.6. The number of rotatable bonds is 9. The molecule has 45 heavy (non-hydrogen) atoms. The number of aromatic nitrogens is 1. The molecule has 0 bridgehead atoms. The Bertz CT molecular complexity index is 1840. The Kier molecular flexibility index (Phi) is 8.78. The SMILES string of the molecule is O=S(=O)(Nc1ccc(C[C@H]2CC[C@H]([C@H](O)c3ccccc3)N2)cc1)c1ccc(-c2nc(-c3ccc(C(F)(F)F)cc3)cs2)cc1. The second-order valence-corrected chi connectivity index (χ2v) is 13.6. The second-order valence-electron chi connectivity index (χ2n) is 11.0. The van der Waals surface area contributed by atoms with Crippen molar-refractivity contribution in [1.82, 2.24) is 10.3 Å². The smallest absolute Gasteiger partial charge is 0.387 e. The molecule has 0 radical (unpaired) electrons. The van der Waals surface area contributed by atoms with E-state index in [2.05, 4.69) is 15.0 Å². The van der Waals surface area contributed by atoms with E-state index in [1.807, 2.05) is 42.5 Å². The molecule has 0 spiro atoms. The lowest BCUT2D eigenvalue weighted by atomic mass is 10.0. The van der Waals surface area contributed by atoms with Crippen LogP contribution in [0.4, 0.5) is 18.9 Å². The molecule has 232 valence electrons. The Morgan fingerprint density at radius 2 is 1.56 bits per heavy atom.